The highest BCUT2D eigenvalue weighted by Crippen LogP contribution is 2.36. The van der Waals surface area contributed by atoms with Crippen molar-refractivity contribution in [2.45, 2.75) is 26.5 Å². The molecule has 1 aliphatic heterocycles. The van der Waals surface area contributed by atoms with Crippen LogP contribution in [0.5, 0.6) is 23.0 Å². The van der Waals surface area contributed by atoms with Crippen LogP contribution in [0.15, 0.2) is 81.7 Å². The lowest BCUT2D eigenvalue weighted by atomic mass is 9.95. The second-order valence-corrected chi connectivity index (χ2v) is 11.1. The maximum Gasteiger partial charge on any atom is 0.338 e. The van der Waals surface area contributed by atoms with E-state index in [-0.39, 0.29) is 29.9 Å². The molecule has 46 heavy (non-hydrogen) atoms. The molecule has 0 saturated carbocycles. The summed E-state index contributed by atoms with van der Waals surface area (Å²) in [6.07, 6.45) is 1.72. The van der Waals surface area contributed by atoms with Gasteiger partial charge in [-0.05, 0) is 73.0 Å². The summed E-state index contributed by atoms with van der Waals surface area (Å²) in [5, 5.41) is 9.26. The molecule has 0 amide bonds. The minimum atomic E-state index is -1.02. The SMILES string of the molecule is CCOC(=O)C1=C(C)N=c2s/c(=C/c3ccc(OCc4cccc(C(=O)O)c4)c(OC)c3)c(=O)n2C1c1ccc(OC)c(OC)c1. The quantitative estimate of drug-likeness (QED) is 0.240. The normalized spacial score (nSPS) is 14.3. The number of carbonyl (C=O) groups is 2. The third-order valence-corrected chi connectivity index (χ3v) is 8.28. The third kappa shape index (κ3) is 6.38. The molecule has 12 heteroatoms. The lowest BCUT2D eigenvalue weighted by molar-refractivity contribution is -0.139. The van der Waals surface area contributed by atoms with Crippen LogP contribution >= 0.6 is 11.3 Å². The number of fused-ring (bicyclic) bond motifs is 1. The molecule has 0 fully saturated rings. The number of allylic oxidation sites excluding steroid dienone is 1. The van der Waals surface area contributed by atoms with E-state index in [2.05, 4.69) is 4.99 Å². The maximum atomic E-state index is 14.0. The van der Waals surface area contributed by atoms with Crippen LogP contribution in [0.1, 0.15) is 46.9 Å². The van der Waals surface area contributed by atoms with Gasteiger partial charge in [-0.15, -0.1) is 0 Å². The molecule has 4 aromatic rings. The summed E-state index contributed by atoms with van der Waals surface area (Å²) in [6.45, 7) is 3.73. The number of esters is 1. The zero-order valence-corrected chi connectivity index (χ0v) is 26.7. The summed E-state index contributed by atoms with van der Waals surface area (Å²) in [4.78, 5) is 43.6. The zero-order chi connectivity index (χ0) is 33.0. The number of nitrogens with zero attached hydrogens (tertiary/aromatic N) is 2. The smallest absolute Gasteiger partial charge is 0.338 e. The molecular formula is C34H32N2O9S. The fourth-order valence-corrected chi connectivity index (χ4v) is 6.18. The van der Waals surface area contributed by atoms with Gasteiger partial charge in [-0.25, -0.2) is 14.6 Å². The lowest BCUT2D eigenvalue weighted by Gasteiger charge is -2.25. The van der Waals surface area contributed by atoms with Crippen LogP contribution in [0, 0.1) is 0 Å². The molecule has 0 saturated heterocycles. The molecule has 1 aliphatic rings. The molecule has 0 spiro atoms. The van der Waals surface area contributed by atoms with Crippen LogP contribution in [0.4, 0.5) is 0 Å². The topological polar surface area (TPSA) is 135 Å². The molecule has 3 aromatic carbocycles. The highest BCUT2D eigenvalue weighted by Gasteiger charge is 2.34. The van der Waals surface area contributed by atoms with Crippen LogP contribution in [0.3, 0.4) is 0 Å². The number of ether oxygens (including phenoxy) is 5. The van der Waals surface area contributed by atoms with Gasteiger partial charge in [0.1, 0.15) is 6.61 Å². The van der Waals surface area contributed by atoms with Gasteiger partial charge in [0.15, 0.2) is 27.8 Å². The largest absolute Gasteiger partial charge is 0.493 e. The second-order valence-electron chi connectivity index (χ2n) is 10.1. The van der Waals surface area contributed by atoms with Crippen LogP contribution in [0.25, 0.3) is 6.08 Å². The molecule has 0 radical (unpaired) electrons. The number of carbonyl (C=O) groups excluding carboxylic acids is 1. The Labute approximate surface area is 268 Å². The maximum absolute atomic E-state index is 14.0. The second kappa shape index (κ2) is 13.7. The van der Waals surface area contributed by atoms with Gasteiger partial charge in [0, 0.05) is 0 Å². The number of carboxylic acid groups (broad SMARTS) is 1. The average molecular weight is 645 g/mol. The predicted molar refractivity (Wildman–Crippen MR) is 171 cm³/mol. The van der Waals surface area contributed by atoms with Crippen LogP contribution in [-0.2, 0) is 16.1 Å². The number of rotatable bonds is 11. The summed E-state index contributed by atoms with van der Waals surface area (Å²) < 4.78 is 29.7. The van der Waals surface area contributed by atoms with Crippen molar-refractivity contribution in [2.24, 2.45) is 4.99 Å². The van der Waals surface area contributed by atoms with E-state index in [1.165, 1.54) is 43.3 Å². The average Bonchev–Trinajstić information content (AvgIpc) is 3.36. The summed E-state index contributed by atoms with van der Waals surface area (Å²) in [5.74, 6) is 0.255. The molecule has 1 atom stereocenters. The Bertz CT molecular complexity index is 2030. The molecule has 0 bridgehead atoms. The van der Waals surface area contributed by atoms with Gasteiger partial charge in [-0.3, -0.25) is 9.36 Å². The van der Waals surface area contributed by atoms with Gasteiger partial charge in [-0.2, -0.15) is 0 Å². The molecule has 238 valence electrons. The van der Waals surface area contributed by atoms with Crippen molar-refractivity contribution in [3.8, 4) is 23.0 Å². The first-order valence-electron chi connectivity index (χ1n) is 14.2. The lowest BCUT2D eigenvalue weighted by Crippen LogP contribution is -2.39. The Kier molecular flexibility index (Phi) is 9.57. The van der Waals surface area contributed by atoms with Crippen molar-refractivity contribution in [2.75, 3.05) is 27.9 Å². The van der Waals surface area contributed by atoms with E-state index >= 15 is 0 Å². The first kappa shape index (κ1) is 32.0. The summed E-state index contributed by atoms with van der Waals surface area (Å²) >= 11 is 1.20. The van der Waals surface area contributed by atoms with Crippen LogP contribution in [0.2, 0.25) is 0 Å². The minimum Gasteiger partial charge on any atom is -0.493 e. The number of carboxylic acids is 1. The van der Waals surface area contributed by atoms with Crippen molar-refractivity contribution >= 4 is 29.4 Å². The molecule has 5 rings (SSSR count). The molecule has 1 aromatic heterocycles. The fraction of sp³-hybridized carbons (Fsp3) is 0.235. The number of benzene rings is 3. The summed E-state index contributed by atoms with van der Waals surface area (Å²) in [6, 6.07) is 16.2. The number of methoxy groups -OCH3 is 3. The van der Waals surface area contributed by atoms with Crippen molar-refractivity contribution in [3.63, 3.8) is 0 Å². The Morgan fingerprint density at radius 2 is 1.67 bits per heavy atom. The first-order chi connectivity index (χ1) is 22.2. The molecular weight excluding hydrogens is 612 g/mol. The Morgan fingerprint density at radius 3 is 2.37 bits per heavy atom. The van der Waals surface area contributed by atoms with Gasteiger partial charge in [0.25, 0.3) is 5.56 Å². The number of hydrogen-bond donors (Lipinski definition) is 1. The zero-order valence-electron chi connectivity index (χ0n) is 25.9. The molecule has 2 heterocycles. The van der Waals surface area contributed by atoms with Gasteiger partial charge >= 0.3 is 11.9 Å². The number of aromatic carboxylic acids is 1. The van der Waals surface area contributed by atoms with Gasteiger partial charge < -0.3 is 28.8 Å². The van der Waals surface area contributed by atoms with Gasteiger partial charge in [0.05, 0.1) is 55.3 Å². The molecule has 0 aliphatic carbocycles. The van der Waals surface area contributed by atoms with Crippen LogP contribution < -0.4 is 33.8 Å². The van der Waals surface area contributed by atoms with Crippen molar-refractivity contribution < 1.29 is 38.4 Å². The molecule has 1 unspecified atom stereocenters. The standard InChI is InChI=1S/C34H32N2O9S/c1-6-44-33(40)29-19(2)35-34-36(30(29)22-11-13-24(41-3)27(17-22)43-5)31(37)28(46-34)16-20-10-12-25(26(15-20)42-4)45-18-21-8-7-9-23(14-21)32(38)39/h7-17,30H,6,18H2,1-5H3,(H,38,39)/b28-16+. The number of hydrogen-bond acceptors (Lipinski definition) is 10. The van der Waals surface area contributed by atoms with Gasteiger partial charge in [-0.1, -0.05) is 35.6 Å². The van der Waals surface area contributed by atoms with Crippen molar-refractivity contribution in [3.05, 3.63) is 114 Å². The van der Waals surface area contributed by atoms with E-state index in [0.29, 0.717) is 54.7 Å². The Hall–Kier alpha value is -5.36. The highest BCUT2D eigenvalue weighted by atomic mass is 32.1. The van der Waals surface area contributed by atoms with E-state index in [9.17, 15) is 19.5 Å². The van der Waals surface area contributed by atoms with E-state index < -0.39 is 18.0 Å². The Balaban J connectivity index is 1.54. The third-order valence-electron chi connectivity index (χ3n) is 7.29. The minimum absolute atomic E-state index is 0.133. The fourth-order valence-electron chi connectivity index (χ4n) is 5.13. The van der Waals surface area contributed by atoms with Crippen molar-refractivity contribution in [1.29, 1.82) is 0 Å². The summed E-state index contributed by atoms with van der Waals surface area (Å²) in [7, 11) is 4.55. The summed E-state index contributed by atoms with van der Waals surface area (Å²) in [5.41, 5.74) is 2.52. The van der Waals surface area contributed by atoms with E-state index in [1.54, 1.807) is 74.5 Å². The first-order valence-corrected chi connectivity index (χ1v) is 15.0. The number of thiazole rings is 1. The highest BCUT2D eigenvalue weighted by molar-refractivity contribution is 7.07. The molecule has 1 N–H and O–H groups in total. The Morgan fingerprint density at radius 1 is 0.957 bits per heavy atom. The molecule has 11 nitrogen and oxygen atoms in total. The number of aromatic nitrogens is 1. The predicted octanol–water partition coefficient (Wildman–Crippen LogP) is 4.10. The monoisotopic (exact) mass is 644 g/mol. The van der Waals surface area contributed by atoms with Gasteiger partial charge in [0.2, 0.25) is 0 Å². The van der Waals surface area contributed by atoms with Crippen LogP contribution in [-0.4, -0.2) is 49.5 Å². The van der Waals surface area contributed by atoms with E-state index in [1.807, 2.05) is 0 Å². The van der Waals surface area contributed by atoms with E-state index in [4.69, 9.17) is 23.7 Å². The van der Waals surface area contributed by atoms with Crippen molar-refractivity contribution in [1.82, 2.24) is 4.57 Å². The van der Waals surface area contributed by atoms with E-state index in [0.717, 1.165) is 0 Å².